The summed E-state index contributed by atoms with van der Waals surface area (Å²) in [6.07, 6.45) is 0. The summed E-state index contributed by atoms with van der Waals surface area (Å²) in [5, 5.41) is 8.16. The highest BCUT2D eigenvalue weighted by Crippen LogP contribution is 2.51. The zero-order chi connectivity index (χ0) is 51.0. The van der Waals surface area contributed by atoms with E-state index in [1.54, 1.807) is 18.2 Å². The monoisotopic (exact) mass is 1040 g/mol. The molecule has 0 spiro atoms. The van der Waals surface area contributed by atoms with Crippen LogP contribution in [0.5, 0.6) is 0 Å². The highest BCUT2D eigenvalue weighted by atomic mass is 79.9. The van der Waals surface area contributed by atoms with Crippen molar-refractivity contribution in [2.75, 3.05) is 0 Å². The number of carbonyl (C=O) groups excluding carboxylic acids is 4. The lowest BCUT2D eigenvalue weighted by Crippen LogP contribution is -2.13. The van der Waals surface area contributed by atoms with Gasteiger partial charge in [0, 0.05) is 15.2 Å². The normalized spacial score (nSPS) is 11.4. The molecule has 362 valence electrons. The number of rotatable bonds is 13. The highest BCUT2D eigenvalue weighted by Gasteiger charge is 2.31. The Labute approximate surface area is 439 Å². The van der Waals surface area contributed by atoms with Gasteiger partial charge in [0.15, 0.2) is 0 Å². The van der Waals surface area contributed by atoms with Crippen molar-refractivity contribution in [2.45, 2.75) is 26.4 Å². The lowest BCUT2D eigenvalue weighted by molar-refractivity contribution is 0.0458. The Hall–Kier alpha value is -9.18. The summed E-state index contributed by atoms with van der Waals surface area (Å²) in [5.41, 5.74) is 5.32. The third-order valence-electron chi connectivity index (χ3n) is 13.9. The van der Waals surface area contributed by atoms with E-state index in [4.69, 9.17) is 18.9 Å². The summed E-state index contributed by atoms with van der Waals surface area (Å²) in [7, 11) is 0. The smallest absolute Gasteiger partial charge is 0.339 e. The molecule has 0 aliphatic carbocycles. The zero-order valence-electron chi connectivity index (χ0n) is 40.2. The van der Waals surface area contributed by atoms with Crippen LogP contribution in [0.1, 0.15) is 63.7 Å². The van der Waals surface area contributed by atoms with Crippen molar-refractivity contribution in [1.29, 1.82) is 0 Å². The topological polar surface area (TPSA) is 105 Å². The van der Waals surface area contributed by atoms with E-state index >= 15 is 4.79 Å². The maximum Gasteiger partial charge on any atom is 0.339 e. The summed E-state index contributed by atoms with van der Waals surface area (Å²) >= 11 is 3.95. The van der Waals surface area contributed by atoms with Gasteiger partial charge in [-0.2, -0.15) is 0 Å². The number of fused-ring (bicyclic) bond motifs is 4. The minimum absolute atomic E-state index is 0.00129. The number of benzene rings is 12. The fourth-order valence-electron chi connectivity index (χ4n) is 10.4. The molecule has 0 N–H and O–H groups in total. The minimum Gasteiger partial charge on any atom is -0.457 e. The third kappa shape index (κ3) is 8.66. The van der Waals surface area contributed by atoms with Crippen LogP contribution in [0.15, 0.2) is 217 Å². The average Bonchev–Trinajstić information content (AvgIpc) is 3.52. The van der Waals surface area contributed by atoms with Crippen LogP contribution in [0.2, 0.25) is 0 Å². The van der Waals surface area contributed by atoms with Crippen molar-refractivity contribution < 1.29 is 38.1 Å². The van der Waals surface area contributed by atoms with Crippen LogP contribution in [0.25, 0.3) is 75.8 Å². The predicted octanol–water partition coefficient (Wildman–Crippen LogP) is 15.9. The molecule has 0 amide bonds. The molecular formula is C66H43BrO8. The summed E-state index contributed by atoms with van der Waals surface area (Å²) in [5.74, 6) is -2.54. The molecule has 12 aromatic rings. The van der Waals surface area contributed by atoms with Crippen molar-refractivity contribution in [3.63, 3.8) is 0 Å². The first-order chi connectivity index (χ1) is 36.8. The number of ether oxygens (including phenoxy) is 4. The second kappa shape index (κ2) is 20.0. The van der Waals surface area contributed by atoms with Crippen LogP contribution in [0, 0.1) is 0 Å². The van der Waals surface area contributed by atoms with Gasteiger partial charge in [0.25, 0.3) is 0 Å². The fourth-order valence-corrected chi connectivity index (χ4v) is 11.1. The van der Waals surface area contributed by atoms with Crippen molar-refractivity contribution >= 4 is 104 Å². The maximum atomic E-state index is 15.2. The first-order valence-corrected chi connectivity index (χ1v) is 25.3. The summed E-state index contributed by atoms with van der Waals surface area (Å²) in [4.78, 5) is 59.3. The Bertz CT molecular complexity index is 4080. The summed E-state index contributed by atoms with van der Waals surface area (Å²) in [6, 6.07) is 66.3. The fraction of sp³-hybridized carbons (Fsp3) is 0.0606. The molecule has 0 atom stereocenters. The first kappa shape index (κ1) is 46.9. The largest absolute Gasteiger partial charge is 0.457 e. The number of carbonyl (C=O) groups is 4. The molecule has 0 bridgehead atoms. The quantitative estimate of drug-likeness (QED) is 0.0487. The van der Waals surface area contributed by atoms with Crippen LogP contribution >= 0.6 is 15.9 Å². The molecule has 0 radical (unpaired) electrons. The molecule has 0 aliphatic rings. The molecule has 12 aromatic carbocycles. The SMILES string of the molecule is O=C(OCc1ccccc1)c1ccc2c3ccc(C(=O)OCc4ccccc4)c4c(C(=O)OCc5ccccc5)cc(-c5c6ccccc6c(Br)c6ccccc56)c(c5ccc(C(=O)OCc6ccccc6)c1c25)c43. The van der Waals surface area contributed by atoms with E-state index in [1.165, 1.54) is 0 Å². The summed E-state index contributed by atoms with van der Waals surface area (Å²) in [6.45, 7) is -0.0331. The van der Waals surface area contributed by atoms with Crippen LogP contribution in [-0.2, 0) is 45.4 Å². The average molecular weight is 1040 g/mol. The zero-order valence-corrected chi connectivity index (χ0v) is 41.8. The molecule has 8 nitrogen and oxygen atoms in total. The van der Waals surface area contributed by atoms with E-state index in [0.717, 1.165) is 53.8 Å². The van der Waals surface area contributed by atoms with E-state index in [9.17, 15) is 14.4 Å². The predicted molar refractivity (Wildman–Crippen MR) is 298 cm³/mol. The lowest BCUT2D eigenvalue weighted by atomic mass is 9.80. The van der Waals surface area contributed by atoms with Crippen LogP contribution < -0.4 is 0 Å². The van der Waals surface area contributed by atoms with Crippen molar-refractivity contribution in [2.24, 2.45) is 0 Å². The Morgan fingerprint density at radius 1 is 0.293 bits per heavy atom. The molecule has 0 unspecified atom stereocenters. The van der Waals surface area contributed by atoms with Crippen LogP contribution in [0.3, 0.4) is 0 Å². The van der Waals surface area contributed by atoms with Crippen LogP contribution in [-0.4, -0.2) is 23.9 Å². The van der Waals surface area contributed by atoms with Crippen molar-refractivity contribution in [3.05, 3.63) is 261 Å². The second-order valence-electron chi connectivity index (χ2n) is 18.4. The van der Waals surface area contributed by atoms with E-state index in [2.05, 4.69) is 40.2 Å². The lowest BCUT2D eigenvalue weighted by Gasteiger charge is -2.24. The number of hydrogen-bond acceptors (Lipinski definition) is 8. The Morgan fingerprint density at radius 2 is 0.613 bits per heavy atom. The minimum atomic E-state index is -0.643. The molecule has 12 rings (SSSR count). The van der Waals surface area contributed by atoms with Gasteiger partial charge in [-0.05, 0) is 127 Å². The van der Waals surface area contributed by atoms with E-state index in [-0.39, 0.29) is 48.7 Å². The first-order valence-electron chi connectivity index (χ1n) is 24.5. The molecule has 0 saturated carbocycles. The highest BCUT2D eigenvalue weighted by molar-refractivity contribution is 9.10. The molecule has 0 saturated heterocycles. The van der Waals surface area contributed by atoms with Crippen LogP contribution in [0.4, 0.5) is 0 Å². The van der Waals surface area contributed by atoms with Gasteiger partial charge in [-0.3, -0.25) is 0 Å². The van der Waals surface area contributed by atoms with Gasteiger partial charge in [-0.15, -0.1) is 0 Å². The molecular weight excluding hydrogens is 1000 g/mol. The number of hydrogen-bond donors (Lipinski definition) is 0. The number of esters is 4. The third-order valence-corrected chi connectivity index (χ3v) is 14.7. The maximum absolute atomic E-state index is 15.2. The Morgan fingerprint density at radius 3 is 1.01 bits per heavy atom. The van der Waals surface area contributed by atoms with Gasteiger partial charge in [0.2, 0.25) is 0 Å². The summed E-state index contributed by atoms with van der Waals surface area (Å²) < 4.78 is 25.3. The molecule has 0 aromatic heterocycles. The van der Waals surface area contributed by atoms with E-state index < -0.39 is 23.9 Å². The van der Waals surface area contributed by atoms with Gasteiger partial charge in [0.1, 0.15) is 26.4 Å². The van der Waals surface area contributed by atoms with Crippen molar-refractivity contribution in [1.82, 2.24) is 0 Å². The van der Waals surface area contributed by atoms with Gasteiger partial charge in [0.05, 0.1) is 22.3 Å². The Balaban J connectivity index is 1.19. The number of halogens is 1. The van der Waals surface area contributed by atoms with Crippen molar-refractivity contribution in [3.8, 4) is 11.1 Å². The standard InChI is InChI=1S/C66H43BrO8/c67-62-48-27-15-13-25-44(48)56(45-26-14-16-28-49(45)62)54-35-55(66(71)75-39-43-23-11-4-12-24-43)60-53(65(70)74-38-42-21-9-3-10-22-42)33-30-47-46-29-32-51(63(68)72-36-40-17-5-1-6-18-40)59-52(34-31-50(57(46)59)58(54)61(47)60)64(69)73-37-41-19-7-2-8-20-41/h1-35H,36-39H2. The molecule has 0 aliphatic heterocycles. The van der Waals surface area contributed by atoms with E-state index in [0.29, 0.717) is 48.7 Å². The molecule has 75 heavy (non-hydrogen) atoms. The molecule has 0 fully saturated rings. The van der Waals surface area contributed by atoms with E-state index in [1.807, 2.05) is 170 Å². The van der Waals surface area contributed by atoms with Gasteiger partial charge >= 0.3 is 23.9 Å². The van der Waals surface area contributed by atoms with Gasteiger partial charge in [-0.1, -0.05) is 188 Å². The van der Waals surface area contributed by atoms with Gasteiger partial charge in [-0.25, -0.2) is 19.2 Å². The molecule has 9 heteroatoms. The van der Waals surface area contributed by atoms with Gasteiger partial charge < -0.3 is 18.9 Å². The Kier molecular flexibility index (Phi) is 12.5. The molecule has 0 heterocycles. The second-order valence-corrected chi connectivity index (χ2v) is 19.1.